The molecule has 0 amide bonds. The molecule has 2 aliphatic rings. The lowest BCUT2D eigenvalue weighted by Gasteiger charge is -2.13. The number of para-hydroxylation sites is 1. The highest BCUT2D eigenvalue weighted by Crippen LogP contribution is 2.33. The summed E-state index contributed by atoms with van der Waals surface area (Å²) in [7, 11) is 0. The topological polar surface area (TPSA) is 49.6 Å². The Balaban J connectivity index is 1.55. The molecule has 0 bridgehead atoms. The van der Waals surface area contributed by atoms with Gasteiger partial charge in [-0.25, -0.2) is 14.4 Å². The van der Waals surface area contributed by atoms with Crippen LogP contribution in [-0.4, -0.2) is 22.8 Å². The number of hydrogen-bond donors (Lipinski definition) is 0. The van der Waals surface area contributed by atoms with Crippen LogP contribution in [0.15, 0.2) is 93.9 Å². The number of halogens is 2. The second-order valence-electron chi connectivity index (χ2n) is 6.50. The van der Waals surface area contributed by atoms with Crippen molar-refractivity contribution in [3.63, 3.8) is 0 Å². The Hall–Kier alpha value is -3.51. The zero-order valence-electron chi connectivity index (χ0n) is 15.0. The quantitative estimate of drug-likeness (QED) is 0.593. The molecule has 0 aliphatic carbocycles. The third kappa shape index (κ3) is 3.39. The smallest absolute Gasteiger partial charge is 0.322 e. The van der Waals surface area contributed by atoms with E-state index in [2.05, 4.69) is 10.1 Å². The second-order valence-corrected chi connectivity index (χ2v) is 6.93. The normalized spacial score (nSPS) is 19.0. The average Bonchev–Trinajstić information content (AvgIpc) is 3.29. The fourth-order valence-corrected chi connectivity index (χ4v) is 3.25. The minimum Gasteiger partial charge on any atom is -0.403 e. The molecule has 0 saturated carbocycles. The molecule has 142 valence electrons. The first-order valence-electron chi connectivity index (χ1n) is 8.97. The van der Waals surface area contributed by atoms with E-state index in [1.54, 1.807) is 29.3 Å². The number of hydrogen-bond acceptors (Lipinski definition) is 4. The molecular formula is C22H14ClFN4O. The summed E-state index contributed by atoms with van der Waals surface area (Å²) in [5.41, 5.74) is 2.35. The average molecular weight is 405 g/mol. The zero-order valence-corrected chi connectivity index (χ0v) is 15.8. The maximum atomic E-state index is 13.4. The lowest BCUT2D eigenvalue weighted by molar-refractivity contribution is 0.519. The van der Waals surface area contributed by atoms with Crippen LogP contribution in [-0.2, 0) is 4.74 Å². The van der Waals surface area contributed by atoms with E-state index in [-0.39, 0.29) is 5.82 Å². The molecule has 0 fully saturated rings. The van der Waals surface area contributed by atoms with E-state index in [9.17, 15) is 4.39 Å². The molecule has 2 heterocycles. The standard InChI is InChI=1S/C22H14ClFN4O/c23-16-10-6-15(7-11-16)21-27-28-20(25-18-4-2-1-3-5-18)19(26-22(28)29-21)14-8-12-17(24)13-9-14/h1-13,19H. The van der Waals surface area contributed by atoms with Crippen LogP contribution < -0.4 is 0 Å². The van der Waals surface area contributed by atoms with E-state index >= 15 is 0 Å². The van der Waals surface area contributed by atoms with E-state index in [0.29, 0.717) is 22.8 Å². The highest BCUT2D eigenvalue weighted by atomic mass is 35.5. The molecule has 3 aromatic carbocycles. The summed E-state index contributed by atoms with van der Waals surface area (Å²) in [5, 5.41) is 6.79. The molecule has 29 heavy (non-hydrogen) atoms. The van der Waals surface area contributed by atoms with Crippen molar-refractivity contribution in [1.29, 1.82) is 0 Å². The Labute approximate surface area is 171 Å². The summed E-state index contributed by atoms with van der Waals surface area (Å²) in [6.07, 6.45) is 0. The highest BCUT2D eigenvalue weighted by Gasteiger charge is 2.40. The summed E-state index contributed by atoms with van der Waals surface area (Å²) in [6, 6.07) is 22.8. The Kier molecular flexibility index (Phi) is 4.33. The van der Waals surface area contributed by atoms with Crippen molar-refractivity contribution in [2.75, 3.05) is 0 Å². The zero-order chi connectivity index (χ0) is 19.8. The number of ether oxygens (including phenoxy) is 1. The first kappa shape index (κ1) is 17.6. The van der Waals surface area contributed by atoms with E-state index in [0.717, 1.165) is 16.8 Å². The molecule has 7 heteroatoms. The van der Waals surface area contributed by atoms with Gasteiger partial charge in [0.25, 0.3) is 0 Å². The molecule has 5 rings (SSSR count). The second kappa shape index (κ2) is 7.14. The summed E-state index contributed by atoms with van der Waals surface area (Å²) in [5.74, 6) is 0.696. The van der Waals surface area contributed by atoms with Gasteiger partial charge in [0, 0.05) is 10.6 Å². The van der Waals surface area contributed by atoms with Crippen molar-refractivity contribution >= 4 is 35.0 Å². The molecule has 1 atom stereocenters. The fourth-order valence-electron chi connectivity index (χ4n) is 3.12. The predicted octanol–water partition coefficient (Wildman–Crippen LogP) is 5.31. The summed E-state index contributed by atoms with van der Waals surface area (Å²) >= 11 is 5.97. The highest BCUT2D eigenvalue weighted by molar-refractivity contribution is 6.30. The first-order valence-corrected chi connectivity index (χ1v) is 9.34. The Morgan fingerprint density at radius 3 is 2.38 bits per heavy atom. The minimum atomic E-state index is -0.443. The molecular weight excluding hydrogens is 391 g/mol. The Bertz CT molecular complexity index is 1140. The number of fused-ring (bicyclic) bond motifs is 1. The molecule has 2 aliphatic heterocycles. The van der Waals surface area contributed by atoms with E-state index in [1.807, 2.05) is 42.5 Å². The molecule has 5 nitrogen and oxygen atoms in total. The van der Waals surface area contributed by atoms with Crippen molar-refractivity contribution in [2.45, 2.75) is 6.04 Å². The van der Waals surface area contributed by atoms with Gasteiger partial charge in [-0.1, -0.05) is 41.9 Å². The summed E-state index contributed by atoms with van der Waals surface area (Å²) in [6.45, 7) is 0. The maximum absolute atomic E-state index is 13.4. The van der Waals surface area contributed by atoms with Crippen LogP contribution in [0.2, 0.25) is 5.02 Å². The van der Waals surface area contributed by atoms with Gasteiger partial charge in [-0.05, 0) is 54.1 Å². The van der Waals surface area contributed by atoms with Crippen molar-refractivity contribution in [1.82, 2.24) is 5.01 Å². The number of benzene rings is 3. The van der Waals surface area contributed by atoms with E-state index in [4.69, 9.17) is 21.3 Å². The third-order valence-corrected chi connectivity index (χ3v) is 4.79. The van der Waals surface area contributed by atoms with Gasteiger partial charge in [-0.3, -0.25) is 0 Å². The minimum absolute atomic E-state index is 0.305. The maximum Gasteiger partial charge on any atom is 0.322 e. The first-order chi connectivity index (χ1) is 14.2. The largest absolute Gasteiger partial charge is 0.403 e. The molecule has 1 unspecified atom stereocenters. The Morgan fingerprint density at radius 2 is 1.66 bits per heavy atom. The lowest BCUT2D eigenvalue weighted by atomic mass is 10.1. The summed E-state index contributed by atoms with van der Waals surface area (Å²) < 4.78 is 19.3. The van der Waals surface area contributed by atoms with E-state index < -0.39 is 6.04 Å². The van der Waals surface area contributed by atoms with Gasteiger partial charge in [0.15, 0.2) is 5.84 Å². The van der Waals surface area contributed by atoms with Crippen LogP contribution >= 0.6 is 11.6 Å². The van der Waals surface area contributed by atoms with Crippen molar-refractivity contribution < 1.29 is 9.13 Å². The van der Waals surface area contributed by atoms with Crippen molar-refractivity contribution in [3.8, 4) is 0 Å². The molecule has 0 aromatic heterocycles. The van der Waals surface area contributed by atoms with Gasteiger partial charge in [-0.15, -0.1) is 5.10 Å². The number of amidine groups is 2. The van der Waals surface area contributed by atoms with Gasteiger partial charge in [0.1, 0.15) is 11.9 Å². The van der Waals surface area contributed by atoms with Gasteiger partial charge in [0.2, 0.25) is 5.90 Å². The molecule has 0 saturated heterocycles. The lowest BCUT2D eigenvalue weighted by Crippen LogP contribution is -2.25. The van der Waals surface area contributed by atoms with Crippen molar-refractivity contribution in [3.05, 3.63) is 101 Å². The third-order valence-electron chi connectivity index (χ3n) is 4.54. The number of aliphatic imine (C=N–C) groups is 2. The summed E-state index contributed by atoms with van der Waals surface area (Å²) in [4.78, 5) is 9.40. The van der Waals surface area contributed by atoms with Gasteiger partial charge in [-0.2, -0.15) is 5.01 Å². The number of rotatable bonds is 3. The van der Waals surface area contributed by atoms with Crippen molar-refractivity contribution in [2.24, 2.45) is 15.1 Å². The van der Waals surface area contributed by atoms with Crippen LogP contribution in [0.3, 0.4) is 0 Å². The SMILES string of the molecule is Fc1ccc(C2N=C3OC(c4ccc(Cl)cc4)=NN3C2=Nc2ccccc2)cc1. The van der Waals surface area contributed by atoms with Crippen LogP contribution in [0.1, 0.15) is 17.2 Å². The van der Waals surface area contributed by atoms with Crippen LogP contribution in [0.4, 0.5) is 10.1 Å². The van der Waals surface area contributed by atoms with Gasteiger partial charge in [0.05, 0.1) is 5.69 Å². The number of nitrogens with zero attached hydrogens (tertiary/aromatic N) is 4. The molecule has 0 radical (unpaired) electrons. The Morgan fingerprint density at radius 1 is 0.931 bits per heavy atom. The van der Waals surface area contributed by atoms with Crippen LogP contribution in [0.5, 0.6) is 0 Å². The number of hydrazone groups is 1. The molecule has 3 aromatic rings. The monoisotopic (exact) mass is 404 g/mol. The molecule has 0 spiro atoms. The van der Waals surface area contributed by atoms with Crippen LogP contribution in [0, 0.1) is 5.82 Å². The van der Waals surface area contributed by atoms with Crippen LogP contribution in [0.25, 0.3) is 0 Å². The van der Waals surface area contributed by atoms with E-state index in [1.165, 1.54) is 12.1 Å². The van der Waals surface area contributed by atoms with Gasteiger partial charge >= 0.3 is 6.02 Å². The van der Waals surface area contributed by atoms with Gasteiger partial charge < -0.3 is 4.74 Å². The predicted molar refractivity (Wildman–Crippen MR) is 111 cm³/mol. The molecule has 0 N–H and O–H groups in total. The fraction of sp³-hybridized carbons (Fsp3) is 0.0455.